The highest BCUT2D eigenvalue weighted by molar-refractivity contribution is 5.81. The third-order valence-corrected chi connectivity index (χ3v) is 5.88. The van der Waals surface area contributed by atoms with Gasteiger partial charge in [-0.15, -0.1) is 0 Å². The van der Waals surface area contributed by atoms with E-state index < -0.39 is 0 Å². The minimum absolute atomic E-state index is 0.0121. The zero-order valence-corrected chi connectivity index (χ0v) is 18.4. The maximum Gasteiger partial charge on any atom is 0.249 e. The van der Waals surface area contributed by atoms with Crippen molar-refractivity contribution in [2.24, 2.45) is 0 Å². The molecule has 4 rings (SSSR count). The fourth-order valence-electron chi connectivity index (χ4n) is 3.98. The van der Waals surface area contributed by atoms with Crippen LogP contribution in [0.3, 0.4) is 0 Å². The number of hydrogen-bond acceptors (Lipinski definition) is 4. The van der Waals surface area contributed by atoms with E-state index in [-0.39, 0.29) is 12.0 Å². The molecule has 31 heavy (non-hydrogen) atoms. The number of hydrogen-bond donors (Lipinski definition) is 1. The van der Waals surface area contributed by atoms with Gasteiger partial charge in [-0.3, -0.25) is 4.79 Å². The highest BCUT2D eigenvalue weighted by Gasteiger charge is 2.23. The molecule has 1 N–H and O–H groups in total. The second-order valence-electron chi connectivity index (χ2n) is 8.16. The van der Waals surface area contributed by atoms with Crippen molar-refractivity contribution in [2.45, 2.75) is 52.2 Å². The van der Waals surface area contributed by atoms with Gasteiger partial charge < -0.3 is 19.4 Å². The van der Waals surface area contributed by atoms with Gasteiger partial charge in [0, 0.05) is 26.1 Å². The average Bonchev–Trinajstić information content (AvgIpc) is 3.42. The van der Waals surface area contributed by atoms with Gasteiger partial charge in [-0.2, -0.15) is 0 Å². The minimum atomic E-state index is -0.290. The molecule has 1 amide bonds. The number of aromatic nitrogens is 2. The first-order valence-corrected chi connectivity index (χ1v) is 11.2. The number of benzene rings is 2. The van der Waals surface area contributed by atoms with Crippen LogP contribution in [0.5, 0.6) is 5.75 Å². The maximum absolute atomic E-state index is 12.2. The van der Waals surface area contributed by atoms with Gasteiger partial charge >= 0.3 is 0 Å². The Morgan fingerprint density at radius 3 is 2.90 bits per heavy atom. The summed E-state index contributed by atoms with van der Waals surface area (Å²) >= 11 is 0. The standard InChI is InChI=1S/C25H31N3O3/c1-18-10-11-20(17-19(18)2)30-16-6-14-28-22-8-4-3-7-21(22)27-24(28)12-13-26-25(29)23-9-5-15-31-23/h3-4,7-8,10-11,17,23H,5-6,9,12-16H2,1-2H3,(H,26,29). The third kappa shape index (κ3) is 5.25. The lowest BCUT2D eigenvalue weighted by molar-refractivity contribution is -0.130. The predicted molar refractivity (Wildman–Crippen MR) is 121 cm³/mol. The molecule has 1 aliphatic rings. The van der Waals surface area contributed by atoms with E-state index in [1.165, 1.54) is 11.1 Å². The van der Waals surface area contributed by atoms with E-state index >= 15 is 0 Å². The van der Waals surface area contributed by atoms with Crippen LogP contribution in [0.1, 0.15) is 36.2 Å². The van der Waals surface area contributed by atoms with Crippen LogP contribution >= 0.6 is 0 Å². The van der Waals surface area contributed by atoms with Gasteiger partial charge in [0.25, 0.3) is 0 Å². The quantitative estimate of drug-likeness (QED) is 0.531. The lowest BCUT2D eigenvalue weighted by Crippen LogP contribution is -2.35. The molecule has 1 fully saturated rings. The smallest absolute Gasteiger partial charge is 0.249 e. The molecule has 0 saturated carbocycles. The molecule has 0 bridgehead atoms. The third-order valence-electron chi connectivity index (χ3n) is 5.88. The van der Waals surface area contributed by atoms with E-state index in [0.29, 0.717) is 26.2 Å². The Hall–Kier alpha value is -2.86. The summed E-state index contributed by atoms with van der Waals surface area (Å²) < 4.78 is 13.7. The van der Waals surface area contributed by atoms with Crippen molar-refractivity contribution in [3.05, 3.63) is 59.4 Å². The van der Waals surface area contributed by atoms with E-state index in [0.717, 1.165) is 48.4 Å². The molecule has 6 nitrogen and oxygen atoms in total. The van der Waals surface area contributed by atoms with Crippen molar-refractivity contribution in [1.29, 1.82) is 0 Å². The van der Waals surface area contributed by atoms with Gasteiger partial charge in [-0.05, 0) is 68.5 Å². The molecule has 2 heterocycles. The van der Waals surface area contributed by atoms with Crippen LogP contribution in [-0.2, 0) is 22.5 Å². The van der Waals surface area contributed by atoms with Gasteiger partial charge in [-0.25, -0.2) is 4.98 Å². The predicted octanol–water partition coefficient (Wildman–Crippen LogP) is 3.96. The molecule has 2 aromatic carbocycles. The lowest BCUT2D eigenvalue weighted by Gasteiger charge is -2.13. The Kier molecular flexibility index (Phi) is 6.87. The first kappa shape index (κ1) is 21.4. The molecule has 3 aromatic rings. The molecular formula is C25H31N3O3. The second kappa shape index (κ2) is 9.96. The Morgan fingerprint density at radius 1 is 1.23 bits per heavy atom. The van der Waals surface area contributed by atoms with Crippen LogP contribution < -0.4 is 10.1 Å². The van der Waals surface area contributed by atoms with Crippen LogP contribution in [0.4, 0.5) is 0 Å². The van der Waals surface area contributed by atoms with E-state index in [1.54, 1.807) is 0 Å². The molecule has 1 atom stereocenters. The van der Waals surface area contributed by atoms with Gasteiger partial charge in [0.05, 0.1) is 17.6 Å². The lowest BCUT2D eigenvalue weighted by atomic mass is 10.1. The number of carbonyl (C=O) groups is 1. The van der Waals surface area contributed by atoms with E-state index in [4.69, 9.17) is 14.5 Å². The van der Waals surface area contributed by atoms with Crippen LogP contribution in [0.25, 0.3) is 11.0 Å². The Labute approximate surface area is 183 Å². The van der Waals surface area contributed by atoms with Gasteiger partial charge in [0.15, 0.2) is 0 Å². The van der Waals surface area contributed by atoms with Gasteiger partial charge in [0.2, 0.25) is 5.91 Å². The van der Waals surface area contributed by atoms with Crippen molar-refractivity contribution in [3.8, 4) is 5.75 Å². The van der Waals surface area contributed by atoms with Crippen molar-refractivity contribution in [2.75, 3.05) is 19.8 Å². The van der Waals surface area contributed by atoms with Crippen molar-refractivity contribution in [3.63, 3.8) is 0 Å². The number of nitrogens with zero attached hydrogens (tertiary/aromatic N) is 2. The number of imidazole rings is 1. The normalized spacial score (nSPS) is 16.0. The second-order valence-corrected chi connectivity index (χ2v) is 8.16. The minimum Gasteiger partial charge on any atom is -0.494 e. The molecule has 6 heteroatoms. The number of carbonyl (C=O) groups excluding carboxylic acids is 1. The molecule has 1 unspecified atom stereocenters. The SMILES string of the molecule is Cc1ccc(OCCCn2c(CCNC(=O)C3CCCO3)nc3ccccc32)cc1C. The zero-order valence-electron chi connectivity index (χ0n) is 18.4. The van der Waals surface area contributed by atoms with Crippen LogP contribution in [-0.4, -0.2) is 41.3 Å². The number of amides is 1. The highest BCUT2D eigenvalue weighted by Crippen LogP contribution is 2.19. The van der Waals surface area contributed by atoms with E-state index in [2.05, 4.69) is 41.9 Å². The van der Waals surface area contributed by atoms with Gasteiger partial charge in [0.1, 0.15) is 17.7 Å². The Bertz CT molecular complexity index is 1040. The highest BCUT2D eigenvalue weighted by atomic mass is 16.5. The number of ether oxygens (including phenoxy) is 2. The summed E-state index contributed by atoms with van der Waals surface area (Å²) in [6.45, 7) is 6.90. The summed E-state index contributed by atoms with van der Waals surface area (Å²) in [5.41, 5.74) is 4.62. The van der Waals surface area contributed by atoms with Crippen LogP contribution in [0.2, 0.25) is 0 Å². The zero-order chi connectivity index (χ0) is 21.6. The summed E-state index contributed by atoms with van der Waals surface area (Å²) in [5, 5.41) is 3.00. The van der Waals surface area contributed by atoms with Crippen molar-refractivity contribution in [1.82, 2.24) is 14.9 Å². The molecule has 1 saturated heterocycles. The number of nitrogens with one attached hydrogen (secondary N) is 1. The number of aryl methyl sites for hydroxylation is 3. The summed E-state index contributed by atoms with van der Waals surface area (Å²) in [6, 6.07) is 14.4. The Morgan fingerprint density at radius 2 is 2.10 bits per heavy atom. The molecule has 164 valence electrons. The Balaban J connectivity index is 1.35. The van der Waals surface area contributed by atoms with Crippen molar-refractivity contribution >= 4 is 16.9 Å². The summed E-state index contributed by atoms with van der Waals surface area (Å²) in [7, 11) is 0. The van der Waals surface area contributed by atoms with Crippen LogP contribution in [0.15, 0.2) is 42.5 Å². The average molecular weight is 422 g/mol. The number of fused-ring (bicyclic) bond motifs is 1. The molecule has 0 spiro atoms. The number of para-hydroxylation sites is 2. The molecule has 1 aromatic heterocycles. The topological polar surface area (TPSA) is 65.4 Å². The fraction of sp³-hybridized carbons (Fsp3) is 0.440. The summed E-state index contributed by atoms with van der Waals surface area (Å²) in [4.78, 5) is 17.0. The fourth-order valence-corrected chi connectivity index (χ4v) is 3.98. The maximum atomic E-state index is 12.2. The van der Waals surface area contributed by atoms with Crippen molar-refractivity contribution < 1.29 is 14.3 Å². The molecule has 0 radical (unpaired) electrons. The largest absolute Gasteiger partial charge is 0.494 e. The van der Waals surface area contributed by atoms with E-state index in [1.807, 2.05) is 24.3 Å². The first-order chi connectivity index (χ1) is 15.1. The van der Waals surface area contributed by atoms with Crippen LogP contribution in [0, 0.1) is 13.8 Å². The summed E-state index contributed by atoms with van der Waals surface area (Å²) in [6.07, 6.45) is 3.04. The molecular weight excluding hydrogens is 390 g/mol. The molecule has 1 aliphatic heterocycles. The van der Waals surface area contributed by atoms with E-state index in [9.17, 15) is 4.79 Å². The molecule has 0 aliphatic carbocycles. The first-order valence-electron chi connectivity index (χ1n) is 11.2. The number of rotatable bonds is 9. The van der Waals surface area contributed by atoms with Gasteiger partial charge in [-0.1, -0.05) is 18.2 Å². The summed E-state index contributed by atoms with van der Waals surface area (Å²) in [5.74, 6) is 1.89. The monoisotopic (exact) mass is 421 g/mol.